The Bertz CT molecular complexity index is 475. The van der Waals surface area contributed by atoms with Gasteiger partial charge in [-0.1, -0.05) is 0 Å². The summed E-state index contributed by atoms with van der Waals surface area (Å²) in [5.41, 5.74) is 0.702. The monoisotopic (exact) mass is 280 g/mol. The van der Waals surface area contributed by atoms with Crippen LogP contribution in [0.2, 0.25) is 0 Å². The third-order valence-electron chi connectivity index (χ3n) is 3.51. The molecule has 7 nitrogen and oxygen atoms in total. The second-order valence-electron chi connectivity index (χ2n) is 4.96. The molecule has 20 heavy (non-hydrogen) atoms. The Labute approximate surface area is 118 Å². The smallest absolute Gasteiger partial charge is 0.290 e. The second-order valence-corrected chi connectivity index (χ2v) is 4.96. The Morgan fingerprint density at radius 1 is 1.50 bits per heavy atom. The summed E-state index contributed by atoms with van der Waals surface area (Å²) >= 11 is 0. The fourth-order valence-electron chi connectivity index (χ4n) is 2.16. The van der Waals surface area contributed by atoms with Crippen LogP contribution in [0, 0.1) is 17.0 Å². The minimum Gasteiger partial charge on any atom is -0.379 e. The molecule has 0 spiro atoms. The number of nitrogens with zero attached hydrogens (tertiary/aromatic N) is 4. The average Bonchev–Trinajstić information content (AvgIpc) is 2.45. The third-order valence-corrected chi connectivity index (χ3v) is 3.51. The fraction of sp³-hybridized carbons (Fsp3) is 0.615. The molecule has 0 atom stereocenters. The van der Waals surface area contributed by atoms with Crippen LogP contribution in [0.3, 0.4) is 0 Å². The largest absolute Gasteiger partial charge is 0.379 e. The molecule has 2 rings (SSSR count). The zero-order valence-electron chi connectivity index (χ0n) is 11.9. The summed E-state index contributed by atoms with van der Waals surface area (Å²) in [4.78, 5) is 18.9. The number of nitro groups is 1. The molecular weight excluding hydrogens is 260 g/mol. The fourth-order valence-corrected chi connectivity index (χ4v) is 2.16. The highest BCUT2D eigenvalue weighted by Crippen LogP contribution is 2.20. The Balaban J connectivity index is 1.93. The number of hydrogen-bond acceptors (Lipinski definition) is 6. The molecule has 1 aliphatic rings. The van der Waals surface area contributed by atoms with Crippen LogP contribution in [-0.2, 0) is 4.74 Å². The number of rotatable bonds is 5. The van der Waals surface area contributed by atoms with Gasteiger partial charge < -0.3 is 9.64 Å². The normalized spacial score (nSPS) is 16.1. The van der Waals surface area contributed by atoms with Crippen LogP contribution in [0.1, 0.15) is 5.56 Å². The lowest BCUT2D eigenvalue weighted by Gasteiger charge is -2.28. The maximum absolute atomic E-state index is 10.8. The van der Waals surface area contributed by atoms with E-state index < -0.39 is 4.92 Å². The summed E-state index contributed by atoms with van der Waals surface area (Å²) in [6.45, 7) is 7.01. The quantitative estimate of drug-likeness (QED) is 0.593. The van der Waals surface area contributed by atoms with Crippen molar-refractivity contribution < 1.29 is 9.66 Å². The number of pyridine rings is 1. The zero-order valence-corrected chi connectivity index (χ0v) is 11.9. The van der Waals surface area contributed by atoms with Gasteiger partial charge in [-0.15, -0.1) is 0 Å². The maximum Gasteiger partial charge on any atom is 0.290 e. The first-order valence-electron chi connectivity index (χ1n) is 6.70. The minimum absolute atomic E-state index is 0.0651. The molecule has 2 heterocycles. The summed E-state index contributed by atoms with van der Waals surface area (Å²) in [5, 5.41) is 10.8. The van der Waals surface area contributed by atoms with Gasteiger partial charge in [-0.05, 0) is 13.0 Å². The van der Waals surface area contributed by atoms with Crippen molar-refractivity contribution in [1.82, 2.24) is 9.88 Å². The van der Waals surface area contributed by atoms with Crippen LogP contribution in [0.25, 0.3) is 0 Å². The van der Waals surface area contributed by atoms with Gasteiger partial charge in [0.15, 0.2) is 0 Å². The van der Waals surface area contributed by atoms with Crippen molar-refractivity contribution >= 4 is 11.5 Å². The molecule has 1 aromatic rings. The Morgan fingerprint density at radius 2 is 2.20 bits per heavy atom. The van der Waals surface area contributed by atoms with Gasteiger partial charge in [0.05, 0.1) is 18.1 Å². The van der Waals surface area contributed by atoms with Gasteiger partial charge >= 0.3 is 0 Å². The van der Waals surface area contributed by atoms with E-state index in [1.54, 1.807) is 13.0 Å². The summed E-state index contributed by atoms with van der Waals surface area (Å²) in [5.74, 6) is 0.765. The standard InChI is InChI=1S/C13H20N4O3/c1-11-9-13(14-10-12(11)17(18)19)15(2)3-4-16-5-7-20-8-6-16/h9-10H,3-8H2,1-2H3. The first-order valence-corrected chi connectivity index (χ1v) is 6.70. The molecule has 0 aromatic carbocycles. The summed E-state index contributed by atoms with van der Waals surface area (Å²) in [6, 6.07) is 1.76. The van der Waals surface area contributed by atoms with E-state index in [4.69, 9.17) is 4.74 Å². The lowest BCUT2D eigenvalue weighted by Crippen LogP contribution is -2.40. The molecule has 0 aliphatic carbocycles. The van der Waals surface area contributed by atoms with E-state index in [0.717, 1.165) is 45.2 Å². The van der Waals surface area contributed by atoms with E-state index in [2.05, 4.69) is 9.88 Å². The van der Waals surface area contributed by atoms with Crippen molar-refractivity contribution in [2.24, 2.45) is 0 Å². The molecule has 0 radical (unpaired) electrons. The van der Waals surface area contributed by atoms with Crippen LogP contribution >= 0.6 is 0 Å². The van der Waals surface area contributed by atoms with Gasteiger partial charge in [0.25, 0.3) is 5.69 Å². The van der Waals surface area contributed by atoms with Crippen LogP contribution in [0.15, 0.2) is 12.3 Å². The van der Waals surface area contributed by atoms with E-state index in [-0.39, 0.29) is 5.69 Å². The molecule has 1 aliphatic heterocycles. The van der Waals surface area contributed by atoms with Crippen molar-refractivity contribution in [3.05, 3.63) is 27.9 Å². The van der Waals surface area contributed by atoms with Gasteiger partial charge in [0.1, 0.15) is 12.0 Å². The highest BCUT2D eigenvalue weighted by molar-refractivity contribution is 5.48. The van der Waals surface area contributed by atoms with Crippen molar-refractivity contribution in [2.45, 2.75) is 6.92 Å². The predicted octanol–water partition coefficient (Wildman–Crippen LogP) is 1.07. The number of anilines is 1. The van der Waals surface area contributed by atoms with Gasteiger partial charge in [-0.3, -0.25) is 15.0 Å². The van der Waals surface area contributed by atoms with Gasteiger partial charge in [-0.25, -0.2) is 4.98 Å². The lowest BCUT2D eigenvalue weighted by atomic mass is 10.2. The molecule has 110 valence electrons. The summed E-state index contributed by atoms with van der Waals surface area (Å²) in [7, 11) is 1.95. The molecule has 0 bridgehead atoms. The molecule has 0 unspecified atom stereocenters. The van der Waals surface area contributed by atoms with Crippen molar-refractivity contribution in [2.75, 3.05) is 51.3 Å². The van der Waals surface area contributed by atoms with Crippen LogP contribution in [-0.4, -0.2) is 61.2 Å². The van der Waals surface area contributed by atoms with Gasteiger partial charge in [0.2, 0.25) is 0 Å². The number of ether oxygens (including phenoxy) is 1. The lowest BCUT2D eigenvalue weighted by molar-refractivity contribution is -0.385. The van der Waals surface area contributed by atoms with E-state index >= 15 is 0 Å². The van der Waals surface area contributed by atoms with Gasteiger partial charge in [0, 0.05) is 38.8 Å². The van der Waals surface area contributed by atoms with Crippen molar-refractivity contribution in [3.8, 4) is 0 Å². The minimum atomic E-state index is -0.403. The topological polar surface area (TPSA) is 71.7 Å². The summed E-state index contributed by atoms with van der Waals surface area (Å²) in [6.07, 6.45) is 1.33. The summed E-state index contributed by atoms with van der Waals surface area (Å²) < 4.78 is 5.31. The molecule has 1 saturated heterocycles. The molecule has 7 heteroatoms. The molecule has 1 aromatic heterocycles. The number of likely N-dealkylation sites (N-methyl/N-ethyl adjacent to an activating group) is 1. The molecule has 0 saturated carbocycles. The molecular formula is C13H20N4O3. The second kappa shape index (κ2) is 6.62. The first-order chi connectivity index (χ1) is 9.58. The van der Waals surface area contributed by atoms with E-state index in [1.807, 2.05) is 11.9 Å². The maximum atomic E-state index is 10.8. The van der Waals surface area contributed by atoms with Crippen molar-refractivity contribution in [3.63, 3.8) is 0 Å². The molecule has 0 N–H and O–H groups in total. The molecule has 0 amide bonds. The average molecular weight is 280 g/mol. The zero-order chi connectivity index (χ0) is 14.5. The third kappa shape index (κ3) is 3.64. The predicted molar refractivity (Wildman–Crippen MR) is 76.2 cm³/mol. The number of hydrogen-bond donors (Lipinski definition) is 0. The number of morpholine rings is 1. The Kier molecular flexibility index (Phi) is 4.86. The van der Waals surface area contributed by atoms with Crippen LogP contribution < -0.4 is 4.90 Å². The highest BCUT2D eigenvalue weighted by Gasteiger charge is 2.15. The highest BCUT2D eigenvalue weighted by atomic mass is 16.6. The van der Waals surface area contributed by atoms with E-state index in [0.29, 0.717) is 5.56 Å². The number of aromatic nitrogens is 1. The first kappa shape index (κ1) is 14.7. The Hall–Kier alpha value is -1.73. The number of aryl methyl sites for hydroxylation is 1. The van der Waals surface area contributed by atoms with E-state index in [1.165, 1.54) is 6.20 Å². The van der Waals surface area contributed by atoms with Crippen LogP contribution in [0.4, 0.5) is 11.5 Å². The van der Waals surface area contributed by atoms with Gasteiger partial charge in [-0.2, -0.15) is 0 Å². The Morgan fingerprint density at radius 3 is 2.80 bits per heavy atom. The molecule has 1 fully saturated rings. The van der Waals surface area contributed by atoms with E-state index in [9.17, 15) is 10.1 Å². The SMILES string of the molecule is Cc1cc(N(C)CCN2CCOCC2)ncc1[N+](=O)[O-]. The van der Waals surface area contributed by atoms with Crippen LogP contribution in [0.5, 0.6) is 0 Å². The van der Waals surface area contributed by atoms with Crippen molar-refractivity contribution in [1.29, 1.82) is 0 Å².